The SMILES string of the molecule is CCn1nccc1CNCc1cnn(C)c1NC(=O)OC(C)(C)C. The molecular weight excluding hydrogens is 308 g/mol. The van der Waals surface area contributed by atoms with E-state index in [1.807, 2.05) is 31.5 Å². The summed E-state index contributed by atoms with van der Waals surface area (Å²) >= 11 is 0. The van der Waals surface area contributed by atoms with Crippen LogP contribution in [0, 0.1) is 0 Å². The molecule has 2 heterocycles. The molecule has 0 aliphatic carbocycles. The van der Waals surface area contributed by atoms with Crippen molar-refractivity contribution in [1.29, 1.82) is 0 Å². The van der Waals surface area contributed by atoms with Crippen LogP contribution in [0.3, 0.4) is 0 Å². The first kappa shape index (κ1) is 18.0. The molecule has 8 nitrogen and oxygen atoms in total. The normalized spacial score (nSPS) is 11.5. The molecule has 0 unspecified atom stereocenters. The van der Waals surface area contributed by atoms with Gasteiger partial charge in [0.05, 0.1) is 11.9 Å². The molecule has 2 aromatic heterocycles. The molecule has 0 aromatic carbocycles. The van der Waals surface area contributed by atoms with Crippen LogP contribution in [0.15, 0.2) is 18.5 Å². The zero-order valence-corrected chi connectivity index (χ0v) is 15.0. The zero-order valence-electron chi connectivity index (χ0n) is 15.0. The van der Waals surface area contributed by atoms with Crippen LogP contribution in [0.4, 0.5) is 10.6 Å². The summed E-state index contributed by atoms with van der Waals surface area (Å²) in [5.74, 6) is 0.626. The number of anilines is 1. The van der Waals surface area contributed by atoms with E-state index in [0.717, 1.165) is 17.8 Å². The fourth-order valence-corrected chi connectivity index (χ4v) is 2.29. The topological polar surface area (TPSA) is 86.0 Å². The van der Waals surface area contributed by atoms with E-state index in [-0.39, 0.29) is 0 Å². The number of amides is 1. The molecule has 2 aromatic rings. The Morgan fingerprint density at radius 1 is 1.29 bits per heavy atom. The molecule has 24 heavy (non-hydrogen) atoms. The molecule has 0 saturated heterocycles. The number of ether oxygens (including phenoxy) is 1. The van der Waals surface area contributed by atoms with Crippen molar-refractivity contribution in [2.24, 2.45) is 7.05 Å². The molecule has 0 bridgehead atoms. The summed E-state index contributed by atoms with van der Waals surface area (Å²) in [6.45, 7) is 9.64. The summed E-state index contributed by atoms with van der Waals surface area (Å²) in [6.07, 6.45) is 3.04. The molecule has 0 fully saturated rings. The zero-order chi connectivity index (χ0) is 17.7. The first-order chi connectivity index (χ1) is 11.3. The summed E-state index contributed by atoms with van der Waals surface area (Å²) in [5.41, 5.74) is 1.47. The molecule has 0 saturated carbocycles. The van der Waals surface area contributed by atoms with Gasteiger partial charge < -0.3 is 10.1 Å². The number of hydrogen-bond donors (Lipinski definition) is 2. The second kappa shape index (κ2) is 7.48. The molecule has 132 valence electrons. The molecule has 8 heteroatoms. The van der Waals surface area contributed by atoms with E-state index < -0.39 is 11.7 Å². The lowest BCUT2D eigenvalue weighted by atomic mass is 10.2. The third kappa shape index (κ3) is 4.82. The van der Waals surface area contributed by atoms with E-state index in [2.05, 4.69) is 27.8 Å². The third-order valence-electron chi connectivity index (χ3n) is 3.36. The summed E-state index contributed by atoms with van der Waals surface area (Å²) in [4.78, 5) is 12.0. The molecular formula is C16H26N6O2. The van der Waals surface area contributed by atoms with Gasteiger partial charge in [-0.2, -0.15) is 10.2 Å². The molecule has 2 rings (SSSR count). The molecule has 0 aliphatic heterocycles. The van der Waals surface area contributed by atoms with Gasteiger partial charge in [-0.3, -0.25) is 14.7 Å². The minimum Gasteiger partial charge on any atom is -0.444 e. The second-order valence-corrected chi connectivity index (χ2v) is 6.51. The summed E-state index contributed by atoms with van der Waals surface area (Å²) < 4.78 is 8.85. The number of carbonyl (C=O) groups excluding carboxylic acids is 1. The molecule has 1 amide bonds. The fraction of sp³-hybridized carbons (Fsp3) is 0.562. The molecule has 0 radical (unpaired) electrons. The van der Waals surface area contributed by atoms with Crippen LogP contribution in [0.2, 0.25) is 0 Å². The first-order valence-electron chi connectivity index (χ1n) is 8.02. The number of carbonyl (C=O) groups is 1. The van der Waals surface area contributed by atoms with Crippen LogP contribution in [0.25, 0.3) is 0 Å². The van der Waals surface area contributed by atoms with Gasteiger partial charge in [-0.25, -0.2) is 4.79 Å². The van der Waals surface area contributed by atoms with E-state index in [4.69, 9.17) is 4.74 Å². The van der Waals surface area contributed by atoms with Gasteiger partial charge in [-0.1, -0.05) is 0 Å². The maximum atomic E-state index is 12.0. The lowest BCUT2D eigenvalue weighted by Crippen LogP contribution is -2.28. The number of hydrogen-bond acceptors (Lipinski definition) is 5. The number of aromatic nitrogens is 4. The van der Waals surface area contributed by atoms with Crippen molar-refractivity contribution < 1.29 is 9.53 Å². The quantitative estimate of drug-likeness (QED) is 0.846. The van der Waals surface area contributed by atoms with Gasteiger partial charge in [-0.15, -0.1) is 0 Å². The maximum absolute atomic E-state index is 12.0. The summed E-state index contributed by atoms with van der Waals surface area (Å²) in [7, 11) is 1.78. The summed E-state index contributed by atoms with van der Waals surface area (Å²) in [6, 6.07) is 1.99. The Hall–Kier alpha value is -2.35. The van der Waals surface area contributed by atoms with Crippen LogP contribution in [0.1, 0.15) is 39.0 Å². The van der Waals surface area contributed by atoms with E-state index in [1.54, 1.807) is 24.1 Å². The highest BCUT2D eigenvalue weighted by molar-refractivity contribution is 5.84. The van der Waals surface area contributed by atoms with Gasteiger partial charge in [0.2, 0.25) is 0 Å². The van der Waals surface area contributed by atoms with Gasteiger partial charge in [0.15, 0.2) is 0 Å². The van der Waals surface area contributed by atoms with Crippen LogP contribution in [0.5, 0.6) is 0 Å². The Labute approximate surface area is 142 Å². The predicted molar refractivity (Wildman–Crippen MR) is 91.5 cm³/mol. The first-order valence-corrected chi connectivity index (χ1v) is 8.02. The fourth-order valence-electron chi connectivity index (χ4n) is 2.29. The van der Waals surface area contributed by atoms with Gasteiger partial charge in [0.1, 0.15) is 11.4 Å². The van der Waals surface area contributed by atoms with E-state index in [9.17, 15) is 4.79 Å². The van der Waals surface area contributed by atoms with Crippen molar-refractivity contribution in [2.75, 3.05) is 5.32 Å². The average Bonchev–Trinajstić information content (AvgIpc) is 3.06. The van der Waals surface area contributed by atoms with E-state index in [1.165, 1.54) is 0 Å². The van der Waals surface area contributed by atoms with Gasteiger partial charge in [0, 0.05) is 38.4 Å². The minimum atomic E-state index is -0.542. The second-order valence-electron chi connectivity index (χ2n) is 6.51. The van der Waals surface area contributed by atoms with Crippen LogP contribution >= 0.6 is 0 Å². The van der Waals surface area contributed by atoms with E-state index in [0.29, 0.717) is 18.9 Å². The maximum Gasteiger partial charge on any atom is 0.413 e. The number of nitrogens with zero attached hydrogens (tertiary/aromatic N) is 4. The van der Waals surface area contributed by atoms with Crippen molar-refractivity contribution in [3.63, 3.8) is 0 Å². The Bertz CT molecular complexity index is 683. The van der Waals surface area contributed by atoms with Gasteiger partial charge >= 0.3 is 6.09 Å². The van der Waals surface area contributed by atoms with Crippen molar-refractivity contribution in [2.45, 2.75) is 52.9 Å². The van der Waals surface area contributed by atoms with E-state index >= 15 is 0 Å². The Balaban J connectivity index is 1.95. The summed E-state index contributed by atoms with van der Waals surface area (Å²) in [5, 5.41) is 14.6. The van der Waals surface area contributed by atoms with Gasteiger partial charge in [0.25, 0.3) is 0 Å². The average molecular weight is 334 g/mol. The predicted octanol–water partition coefficient (Wildman–Crippen LogP) is 2.27. The largest absolute Gasteiger partial charge is 0.444 e. The minimum absolute atomic E-state index is 0.489. The van der Waals surface area contributed by atoms with Crippen LogP contribution in [-0.4, -0.2) is 31.3 Å². The Morgan fingerprint density at radius 2 is 2.04 bits per heavy atom. The molecule has 0 atom stereocenters. The Kier molecular flexibility index (Phi) is 5.61. The lowest BCUT2D eigenvalue weighted by Gasteiger charge is -2.20. The highest BCUT2D eigenvalue weighted by Crippen LogP contribution is 2.16. The van der Waals surface area contributed by atoms with Crippen LogP contribution in [-0.2, 0) is 31.4 Å². The standard InChI is InChI=1S/C16H26N6O2/c1-6-22-13(7-8-18-22)11-17-9-12-10-19-21(5)14(12)20-15(23)24-16(2,3)4/h7-8,10,17H,6,9,11H2,1-5H3,(H,20,23). The Morgan fingerprint density at radius 3 is 2.71 bits per heavy atom. The van der Waals surface area contributed by atoms with Crippen molar-refractivity contribution >= 4 is 11.9 Å². The third-order valence-corrected chi connectivity index (χ3v) is 3.36. The highest BCUT2D eigenvalue weighted by atomic mass is 16.6. The van der Waals surface area contributed by atoms with Crippen molar-refractivity contribution in [3.05, 3.63) is 29.7 Å². The molecule has 2 N–H and O–H groups in total. The van der Waals surface area contributed by atoms with Crippen molar-refractivity contribution in [3.8, 4) is 0 Å². The number of aryl methyl sites for hydroxylation is 2. The molecule has 0 aliphatic rings. The lowest BCUT2D eigenvalue weighted by molar-refractivity contribution is 0.0634. The van der Waals surface area contributed by atoms with Crippen LogP contribution < -0.4 is 10.6 Å². The van der Waals surface area contributed by atoms with Gasteiger partial charge in [-0.05, 0) is 33.8 Å². The number of rotatable bonds is 6. The smallest absolute Gasteiger partial charge is 0.413 e. The highest BCUT2D eigenvalue weighted by Gasteiger charge is 2.19. The number of nitrogens with one attached hydrogen (secondary N) is 2. The van der Waals surface area contributed by atoms with Crippen molar-refractivity contribution in [1.82, 2.24) is 24.9 Å². The molecule has 0 spiro atoms. The monoisotopic (exact) mass is 334 g/mol.